The topological polar surface area (TPSA) is 109 Å². The van der Waals surface area contributed by atoms with Gasteiger partial charge in [-0.05, 0) is 6.42 Å². The number of rotatable bonds is 7. The van der Waals surface area contributed by atoms with Crippen molar-refractivity contribution in [2.75, 3.05) is 6.54 Å². The molecule has 0 aliphatic heterocycles. The largest absolute Gasteiger partial charge is 0.480 e. The molecule has 0 saturated heterocycles. The third-order valence-electron chi connectivity index (χ3n) is 2.46. The number of hydrogen-bond acceptors (Lipinski definition) is 4. The van der Waals surface area contributed by atoms with Crippen LogP contribution in [0.4, 0.5) is 4.79 Å². The smallest absolute Gasteiger partial charge is 0.326 e. The number of nitrogens with one attached hydrogen (secondary N) is 2. The monoisotopic (exact) mass is 269 g/mol. The van der Waals surface area contributed by atoms with E-state index < -0.39 is 18.0 Å². The Morgan fingerprint density at radius 3 is 2.79 bits per heavy atom. The summed E-state index contributed by atoms with van der Waals surface area (Å²) in [5, 5.41) is 18.0. The number of hydrogen-bond donors (Lipinski definition) is 3. The Morgan fingerprint density at radius 2 is 2.26 bits per heavy atom. The van der Waals surface area contributed by atoms with E-state index in [1.165, 1.54) is 0 Å². The number of aliphatic carboxylic acids is 1. The minimum atomic E-state index is -1.02. The summed E-state index contributed by atoms with van der Waals surface area (Å²) in [6, 6.07) is -1.34. The second kappa shape index (κ2) is 7.34. The van der Waals surface area contributed by atoms with Crippen molar-refractivity contribution in [1.29, 1.82) is 0 Å². The van der Waals surface area contributed by atoms with Crippen molar-refractivity contribution in [1.82, 2.24) is 25.4 Å². The molecule has 2 amide bonds. The van der Waals surface area contributed by atoms with Crippen molar-refractivity contribution in [3.05, 3.63) is 12.2 Å². The van der Waals surface area contributed by atoms with Crippen LogP contribution in [-0.4, -0.2) is 44.5 Å². The maximum atomic E-state index is 11.5. The van der Waals surface area contributed by atoms with Gasteiger partial charge in [0, 0.05) is 20.0 Å². The number of urea groups is 1. The van der Waals surface area contributed by atoms with Crippen LogP contribution in [0.15, 0.2) is 6.33 Å². The lowest BCUT2D eigenvalue weighted by Crippen LogP contribution is -2.46. The van der Waals surface area contributed by atoms with E-state index in [2.05, 4.69) is 20.7 Å². The zero-order valence-electron chi connectivity index (χ0n) is 11.1. The summed E-state index contributed by atoms with van der Waals surface area (Å²) >= 11 is 0. The van der Waals surface area contributed by atoms with Crippen LogP contribution < -0.4 is 10.6 Å². The van der Waals surface area contributed by atoms with E-state index in [1.54, 1.807) is 18.1 Å². The van der Waals surface area contributed by atoms with E-state index in [1.807, 2.05) is 6.92 Å². The van der Waals surface area contributed by atoms with Crippen LogP contribution in [0.2, 0.25) is 0 Å². The fourth-order valence-corrected chi connectivity index (χ4v) is 1.54. The first-order valence-corrected chi connectivity index (χ1v) is 6.14. The van der Waals surface area contributed by atoms with E-state index in [9.17, 15) is 9.59 Å². The van der Waals surface area contributed by atoms with Crippen molar-refractivity contribution in [2.24, 2.45) is 7.05 Å². The number of aryl methyl sites for hydroxylation is 1. The Kier molecular flexibility index (Phi) is 5.77. The fourth-order valence-electron chi connectivity index (χ4n) is 1.54. The fraction of sp³-hybridized carbons (Fsp3) is 0.636. The van der Waals surface area contributed by atoms with E-state index in [0.717, 1.165) is 0 Å². The molecule has 0 bridgehead atoms. The molecule has 1 aromatic rings. The summed E-state index contributed by atoms with van der Waals surface area (Å²) in [6.07, 6.45) is 3.18. The van der Waals surface area contributed by atoms with Crippen LogP contribution in [0, 0.1) is 0 Å². The SMILES string of the molecule is CCCC(NC(=O)NCCc1ncn(C)n1)C(=O)O. The molecule has 0 aliphatic rings. The van der Waals surface area contributed by atoms with Crippen molar-refractivity contribution < 1.29 is 14.7 Å². The van der Waals surface area contributed by atoms with Crippen LogP contribution in [0.1, 0.15) is 25.6 Å². The molecule has 0 radical (unpaired) electrons. The molecule has 1 heterocycles. The van der Waals surface area contributed by atoms with Crippen molar-refractivity contribution >= 4 is 12.0 Å². The highest BCUT2D eigenvalue weighted by atomic mass is 16.4. The number of amides is 2. The molecule has 0 spiro atoms. The van der Waals surface area contributed by atoms with Gasteiger partial charge in [0.15, 0.2) is 5.82 Å². The summed E-state index contributed by atoms with van der Waals surface area (Å²) in [5.41, 5.74) is 0. The number of aromatic nitrogens is 3. The van der Waals surface area contributed by atoms with Gasteiger partial charge in [0.1, 0.15) is 12.4 Å². The van der Waals surface area contributed by atoms with Gasteiger partial charge in [-0.1, -0.05) is 13.3 Å². The zero-order chi connectivity index (χ0) is 14.3. The van der Waals surface area contributed by atoms with Gasteiger partial charge in [-0.3, -0.25) is 4.68 Å². The van der Waals surface area contributed by atoms with Crippen molar-refractivity contribution in [2.45, 2.75) is 32.2 Å². The molecule has 0 saturated carbocycles. The molecular formula is C11H19N5O3. The van der Waals surface area contributed by atoms with Gasteiger partial charge in [-0.2, -0.15) is 5.10 Å². The minimum absolute atomic E-state index is 0.355. The third-order valence-corrected chi connectivity index (χ3v) is 2.46. The maximum Gasteiger partial charge on any atom is 0.326 e. The minimum Gasteiger partial charge on any atom is -0.480 e. The van der Waals surface area contributed by atoms with Crippen molar-refractivity contribution in [3.63, 3.8) is 0 Å². The zero-order valence-corrected chi connectivity index (χ0v) is 11.1. The molecule has 1 rings (SSSR count). The molecule has 1 atom stereocenters. The summed E-state index contributed by atoms with van der Waals surface area (Å²) < 4.78 is 1.58. The number of carboxylic acid groups (broad SMARTS) is 1. The van der Waals surface area contributed by atoms with Gasteiger partial charge in [0.2, 0.25) is 0 Å². The van der Waals surface area contributed by atoms with Crippen LogP contribution in [-0.2, 0) is 18.3 Å². The summed E-state index contributed by atoms with van der Waals surface area (Å²) in [7, 11) is 1.76. The summed E-state index contributed by atoms with van der Waals surface area (Å²) in [4.78, 5) is 26.4. The molecule has 1 unspecified atom stereocenters. The molecule has 0 aliphatic carbocycles. The van der Waals surface area contributed by atoms with E-state index >= 15 is 0 Å². The van der Waals surface area contributed by atoms with E-state index in [-0.39, 0.29) is 0 Å². The number of carboxylic acids is 1. The molecule has 3 N–H and O–H groups in total. The van der Waals surface area contributed by atoms with Crippen LogP contribution in [0.3, 0.4) is 0 Å². The molecule has 106 valence electrons. The first-order chi connectivity index (χ1) is 9.02. The molecule has 8 heteroatoms. The van der Waals surface area contributed by atoms with E-state index in [0.29, 0.717) is 31.6 Å². The first-order valence-electron chi connectivity index (χ1n) is 6.14. The maximum absolute atomic E-state index is 11.5. The Labute approximate surface area is 111 Å². The molecular weight excluding hydrogens is 250 g/mol. The predicted molar refractivity (Wildman–Crippen MR) is 67.6 cm³/mol. The molecule has 8 nitrogen and oxygen atoms in total. The Hall–Kier alpha value is -2.12. The quantitative estimate of drug-likeness (QED) is 0.641. The molecule has 19 heavy (non-hydrogen) atoms. The molecule has 0 fully saturated rings. The first kappa shape index (κ1) is 14.9. The average molecular weight is 269 g/mol. The average Bonchev–Trinajstić information content (AvgIpc) is 2.74. The van der Waals surface area contributed by atoms with Crippen molar-refractivity contribution in [3.8, 4) is 0 Å². The summed E-state index contributed by atoms with van der Waals surface area (Å²) in [5.74, 6) is -0.394. The normalized spacial score (nSPS) is 11.9. The Bertz CT molecular complexity index is 432. The lowest BCUT2D eigenvalue weighted by Gasteiger charge is -2.13. The Balaban J connectivity index is 2.28. The molecule has 1 aromatic heterocycles. The van der Waals surface area contributed by atoms with Crippen LogP contribution >= 0.6 is 0 Å². The van der Waals surface area contributed by atoms with E-state index in [4.69, 9.17) is 5.11 Å². The lowest BCUT2D eigenvalue weighted by atomic mass is 10.2. The highest BCUT2D eigenvalue weighted by molar-refractivity contribution is 5.82. The van der Waals surface area contributed by atoms with Gasteiger partial charge in [-0.15, -0.1) is 0 Å². The summed E-state index contributed by atoms with van der Waals surface area (Å²) in [6.45, 7) is 2.22. The van der Waals surface area contributed by atoms with Gasteiger partial charge in [0.25, 0.3) is 0 Å². The highest BCUT2D eigenvalue weighted by Gasteiger charge is 2.18. The van der Waals surface area contributed by atoms with Crippen LogP contribution in [0.25, 0.3) is 0 Å². The van der Waals surface area contributed by atoms with Crippen LogP contribution in [0.5, 0.6) is 0 Å². The second-order valence-electron chi connectivity index (χ2n) is 4.16. The van der Waals surface area contributed by atoms with Gasteiger partial charge >= 0.3 is 12.0 Å². The lowest BCUT2D eigenvalue weighted by molar-refractivity contribution is -0.139. The predicted octanol–water partition coefficient (Wildman–Crippen LogP) is -0.0899. The second-order valence-corrected chi connectivity index (χ2v) is 4.16. The van der Waals surface area contributed by atoms with Gasteiger partial charge in [0.05, 0.1) is 0 Å². The molecule has 0 aromatic carbocycles. The number of nitrogens with zero attached hydrogens (tertiary/aromatic N) is 3. The number of carbonyl (C=O) groups excluding carboxylic acids is 1. The highest BCUT2D eigenvalue weighted by Crippen LogP contribution is 1.96. The van der Waals surface area contributed by atoms with Gasteiger partial charge in [-0.25, -0.2) is 14.6 Å². The Morgan fingerprint density at radius 1 is 1.53 bits per heavy atom. The third kappa shape index (κ3) is 5.36. The number of carbonyl (C=O) groups is 2. The van der Waals surface area contributed by atoms with Gasteiger partial charge < -0.3 is 15.7 Å². The standard InChI is InChI=1S/C11H19N5O3/c1-3-4-8(10(17)18)14-11(19)12-6-5-9-13-7-16(2)15-9/h7-8H,3-6H2,1-2H3,(H,17,18)(H2,12,14,19).